The molecule has 2 aliphatic heterocycles. The molecule has 0 saturated carbocycles. The highest BCUT2D eigenvalue weighted by atomic mass is 16.4. The summed E-state index contributed by atoms with van der Waals surface area (Å²) in [6.07, 6.45) is 8.20. The molecular weight excluding hydrogens is 592 g/mol. The number of carboxylic acid groups (broad SMARTS) is 1. The van der Waals surface area contributed by atoms with E-state index in [1.54, 1.807) is 33.3 Å². The van der Waals surface area contributed by atoms with Crippen LogP contribution in [0.4, 0.5) is 11.5 Å². The second kappa shape index (κ2) is 12.6. The van der Waals surface area contributed by atoms with Gasteiger partial charge in [-0.3, -0.25) is 9.78 Å². The highest BCUT2D eigenvalue weighted by molar-refractivity contribution is 6.04. The summed E-state index contributed by atoms with van der Waals surface area (Å²) in [4.78, 5) is 34.7. The van der Waals surface area contributed by atoms with Crippen LogP contribution in [-0.2, 0) is 24.2 Å². The molecule has 0 amide bonds. The Morgan fingerprint density at radius 2 is 1.74 bits per heavy atom. The number of carbonyl (C=O) groups is 1. The minimum absolute atomic E-state index is 0.0352. The lowest BCUT2D eigenvalue weighted by Gasteiger charge is -2.40. The van der Waals surface area contributed by atoms with E-state index in [2.05, 4.69) is 61.8 Å². The third-order valence-corrected chi connectivity index (χ3v) is 8.97. The molecule has 1 fully saturated rings. The van der Waals surface area contributed by atoms with Crippen molar-refractivity contribution >= 4 is 39.7 Å². The first-order chi connectivity index (χ1) is 22.3. The lowest BCUT2D eigenvalue weighted by Crippen LogP contribution is -2.38. The van der Waals surface area contributed by atoms with Gasteiger partial charge >= 0.3 is 5.97 Å². The fourth-order valence-corrected chi connectivity index (χ4v) is 6.43. The molecule has 0 unspecified atom stereocenters. The van der Waals surface area contributed by atoms with E-state index in [0.717, 1.165) is 83.7 Å². The number of furan rings is 1. The van der Waals surface area contributed by atoms with E-state index in [1.807, 2.05) is 25.3 Å². The summed E-state index contributed by atoms with van der Waals surface area (Å²) in [5.41, 5.74) is 9.03. The highest BCUT2D eigenvalue weighted by Gasteiger charge is 2.30. The van der Waals surface area contributed by atoms with Gasteiger partial charge in [-0.2, -0.15) is 0 Å². The number of hydrogen-bond donors (Lipinski definition) is 2. The number of nitrogens with zero attached hydrogens (tertiary/aromatic N) is 6. The number of pyridine rings is 2. The molecule has 2 aliphatic rings. The van der Waals surface area contributed by atoms with Gasteiger partial charge in [0.05, 0.1) is 23.1 Å². The van der Waals surface area contributed by atoms with Crippen LogP contribution in [0.3, 0.4) is 0 Å². The predicted molar refractivity (Wildman–Crippen MR) is 185 cm³/mol. The molecule has 1 saturated heterocycles. The van der Waals surface area contributed by atoms with Crippen LogP contribution < -0.4 is 9.80 Å². The van der Waals surface area contributed by atoms with Crippen LogP contribution >= 0.6 is 0 Å². The van der Waals surface area contributed by atoms with Crippen LogP contribution in [0.2, 0.25) is 0 Å². The first-order valence-electron chi connectivity index (χ1n) is 16.3. The minimum Gasteiger partial charge on any atom is -0.481 e. The number of anilines is 2. The number of aliphatic carboxylic acids is 1. The van der Waals surface area contributed by atoms with Crippen LogP contribution in [0, 0.1) is 12.3 Å². The summed E-state index contributed by atoms with van der Waals surface area (Å²) in [7, 11) is 0. The van der Waals surface area contributed by atoms with Gasteiger partial charge in [0.15, 0.2) is 11.4 Å². The Morgan fingerprint density at radius 1 is 1.00 bits per heavy atom. The van der Waals surface area contributed by atoms with E-state index in [0.29, 0.717) is 17.8 Å². The summed E-state index contributed by atoms with van der Waals surface area (Å²) < 4.78 is 6.10. The molecule has 1 aromatic carbocycles. The largest absolute Gasteiger partial charge is 0.481 e. The smallest absolute Gasteiger partial charge is 0.307 e. The van der Waals surface area contributed by atoms with Crippen LogP contribution in [-0.4, -0.2) is 61.4 Å². The Hall–Kier alpha value is -4.57. The number of piperidine rings is 1. The normalized spacial score (nSPS) is 16.1. The van der Waals surface area contributed by atoms with Gasteiger partial charge < -0.3 is 24.4 Å². The lowest BCUT2D eigenvalue weighted by atomic mass is 9.82. The number of rotatable bonds is 5. The standard InChI is InChI=1S/C33H34N6O3.C4H10O/c1-20-25(16-27(40)41)29(38-13-9-33(2,3)10-14-38)26(17-35-20)22-6-7-23-18-39(12-8-21(23)15-22)31-30-28(36-19-37-31)24-5-4-11-34-32(24)42-30;1-4(2,3)5/h4-7,11,15,17,19H,8-10,12-14,16,18H2,1-3H3,(H,40,41);5H,1-3H3. The molecule has 47 heavy (non-hydrogen) atoms. The maximum absolute atomic E-state index is 11.9. The van der Waals surface area contributed by atoms with Gasteiger partial charge in [-0.05, 0) is 81.2 Å². The summed E-state index contributed by atoms with van der Waals surface area (Å²) in [5, 5.41) is 19.2. The van der Waals surface area contributed by atoms with Crippen LogP contribution in [0.1, 0.15) is 69.8 Å². The number of aromatic nitrogens is 4. The lowest BCUT2D eigenvalue weighted by molar-refractivity contribution is -0.136. The van der Waals surface area contributed by atoms with E-state index in [9.17, 15) is 9.90 Å². The maximum atomic E-state index is 11.9. The Labute approximate surface area is 275 Å². The average Bonchev–Trinajstić information content (AvgIpc) is 3.40. The van der Waals surface area contributed by atoms with E-state index in [1.165, 1.54) is 11.1 Å². The molecule has 4 aromatic heterocycles. The second-order valence-electron chi connectivity index (χ2n) is 14.5. The molecule has 0 bridgehead atoms. The first-order valence-corrected chi connectivity index (χ1v) is 16.3. The molecule has 5 aromatic rings. The molecule has 10 heteroatoms. The van der Waals surface area contributed by atoms with E-state index >= 15 is 0 Å². The third kappa shape index (κ3) is 7.07. The molecule has 7 rings (SSSR count). The number of hydrogen-bond acceptors (Lipinski definition) is 9. The van der Waals surface area contributed by atoms with Crippen molar-refractivity contribution in [1.29, 1.82) is 0 Å². The van der Waals surface area contributed by atoms with Gasteiger partial charge in [0.25, 0.3) is 0 Å². The number of fused-ring (bicyclic) bond motifs is 4. The van der Waals surface area contributed by atoms with Gasteiger partial charge in [-0.1, -0.05) is 32.0 Å². The first kappa shape index (κ1) is 32.4. The number of aliphatic hydroxyl groups is 1. The van der Waals surface area contributed by atoms with Crippen molar-refractivity contribution < 1.29 is 19.4 Å². The van der Waals surface area contributed by atoms with Gasteiger partial charge in [-0.25, -0.2) is 15.0 Å². The number of carboxylic acids is 1. The van der Waals surface area contributed by atoms with Crippen molar-refractivity contribution in [3.8, 4) is 11.1 Å². The monoisotopic (exact) mass is 636 g/mol. The van der Waals surface area contributed by atoms with Crippen molar-refractivity contribution in [1.82, 2.24) is 19.9 Å². The van der Waals surface area contributed by atoms with E-state index in [4.69, 9.17) is 9.52 Å². The number of aryl methyl sites for hydroxylation is 1. The van der Waals surface area contributed by atoms with Crippen LogP contribution in [0.5, 0.6) is 0 Å². The second-order valence-corrected chi connectivity index (χ2v) is 14.5. The zero-order chi connectivity index (χ0) is 33.5. The number of benzene rings is 1. The van der Waals surface area contributed by atoms with Gasteiger partial charge in [-0.15, -0.1) is 0 Å². The van der Waals surface area contributed by atoms with Crippen molar-refractivity contribution in [2.45, 2.75) is 79.4 Å². The van der Waals surface area contributed by atoms with E-state index < -0.39 is 11.6 Å². The zero-order valence-electron chi connectivity index (χ0n) is 28.2. The topological polar surface area (TPSA) is 129 Å². The molecule has 0 spiro atoms. The predicted octanol–water partition coefficient (Wildman–Crippen LogP) is 6.73. The van der Waals surface area contributed by atoms with Gasteiger partial charge in [0.1, 0.15) is 11.8 Å². The molecule has 0 atom stereocenters. The summed E-state index contributed by atoms with van der Waals surface area (Å²) >= 11 is 0. The Kier molecular flexibility index (Phi) is 8.65. The molecule has 10 nitrogen and oxygen atoms in total. The molecule has 0 aliphatic carbocycles. The summed E-state index contributed by atoms with van der Waals surface area (Å²) in [5.74, 6) is -0.0516. The highest BCUT2D eigenvalue weighted by Crippen LogP contribution is 2.41. The third-order valence-electron chi connectivity index (χ3n) is 8.97. The molecule has 6 heterocycles. The van der Waals surface area contributed by atoms with Crippen molar-refractivity contribution in [3.63, 3.8) is 0 Å². The summed E-state index contributed by atoms with van der Waals surface area (Å²) in [6, 6.07) is 10.5. The average molecular weight is 637 g/mol. The van der Waals surface area contributed by atoms with Crippen LogP contribution in [0.15, 0.2) is 53.5 Å². The van der Waals surface area contributed by atoms with Crippen molar-refractivity contribution in [2.24, 2.45) is 5.41 Å². The van der Waals surface area contributed by atoms with Gasteiger partial charge in [0, 0.05) is 55.4 Å². The van der Waals surface area contributed by atoms with Crippen LogP contribution in [0.25, 0.3) is 33.3 Å². The fraction of sp³-hybridized carbons (Fsp3) is 0.432. The summed E-state index contributed by atoms with van der Waals surface area (Å²) in [6.45, 7) is 15.1. The van der Waals surface area contributed by atoms with Gasteiger partial charge in [0.2, 0.25) is 5.71 Å². The Balaban J connectivity index is 0.000000720. The molecule has 246 valence electrons. The van der Waals surface area contributed by atoms with Crippen molar-refractivity contribution in [3.05, 3.63) is 71.4 Å². The molecule has 0 radical (unpaired) electrons. The van der Waals surface area contributed by atoms with E-state index in [-0.39, 0.29) is 11.8 Å². The molecule has 2 N–H and O–H groups in total. The SMILES string of the molecule is CC(C)(C)O.Cc1ncc(-c2ccc3c(c2)CCN(c2ncnc4c2oc2ncccc24)C3)c(N2CCC(C)(C)CC2)c1CC(=O)O. The maximum Gasteiger partial charge on any atom is 0.307 e. The quantitative estimate of drug-likeness (QED) is 0.214. The molecular formula is C37H44N6O4. The fourth-order valence-electron chi connectivity index (χ4n) is 6.43. The Bertz CT molecular complexity index is 1930. The van der Waals surface area contributed by atoms with Crippen molar-refractivity contribution in [2.75, 3.05) is 29.4 Å². The zero-order valence-corrected chi connectivity index (χ0v) is 28.2. The minimum atomic E-state index is -0.833. The Morgan fingerprint density at radius 3 is 2.47 bits per heavy atom.